The maximum absolute atomic E-state index is 13.4. The summed E-state index contributed by atoms with van der Waals surface area (Å²) in [7, 11) is 0. The van der Waals surface area contributed by atoms with Crippen LogP contribution in [0, 0.1) is 33.6 Å². The third-order valence-corrected chi connectivity index (χ3v) is 11.0. The van der Waals surface area contributed by atoms with E-state index >= 15 is 0 Å². The second-order valence-electron chi connectivity index (χ2n) is 15.5. The van der Waals surface area contributed by atoms with Crippen LogP contribution in [-0.2, 0) is 14.9 Å². The fourth-order valence-corrected chi connectivity index (χ4v) is 7.44. The van der Waals surface area contributed by atoms with Gasteiger partial charge in [-0.2, -0.15) is 0 Å². The Morgan fingerprint density at radius 3 is 1.27 bits per heavy atom. The van der Waals surface area contributed by atoms with Gasteiger partial charge < -0.3 is 14.9 Å². The normalized spacial score (nSPS) is 12.4. The molecule has 4 nitrogen and oxygen atoms in total. The number of phenols is 2. The van der Waals surface area contributed by atoms with Gasteiger partial charge in [0.15, 0.2) is 0 Å². The molecule has 4 heteroatoms. The van der Waals surface area contributed by atoms with Gasteiger partial charge >= 0.3 is 5.97 Å². The third-order valence-electron chi connectivity index (χ3n) is 11.0. The van der Waals surface area contributed by atoms with Crippen LogP contribution < -0.4 is 0 Å². The number of hydrogen-bond acceptors (Lipinski definition) is 4. The monoisotopic (exact) mass is 679 g/mol. The Kier molecular flexibility index (Phi) is 20.8. The molecule has 2 N–H and O–H groups in total. The van der Waals surface area contributed by atoms with E-state index in [-0.39, 0.29) is 5.97 Å². The molecule has 0 fully saturated rings. The number of rotatable bonds is 27. The molecule has 0 heterocycles. The lowest BCUT2D eigenvalue weighted by Crippen LogP contribution is -2.26. The highest BCUT2D eigenvalue weighted by molar-refractivity contribution is 5.70. The molecule has 2 aromatic carbocycles. The highest BCUT2D eigenvalue weighted by Crippen LogP contribution is 2.41. The minimum Gasteiger partial charge on any atom is -0.507 e. The van der Waals surface area contributed by atoms with Gasteiger partial charge in [-0.05, 0) is 86.3 Å². The van der Waals surface area contributed by atoms with Crippen molar-refractivity contribution < 1.29 is 19.7 Å². The van der Waals surface area contributed by atoms with E-state index in [0.29, 0.717) is 36.9 Å². The smallest absolute Gasteiger partial charge is 0.305 e. The van der Waals surface area contributed by atoms with Crippen LogP contribution >= 0.6 is 0 Å². The van der Waals surface area contributed by atoms with Gasteiger partial charge in [-0.1, -0.05) is 161 Å². The summed E-state index contributed by atoms with van der Waals surface area (Å²) in [4.78, 5) is 13.4. The van der Waals surface area contributed by atoms with Crippen LogP contribution in [0.5, 0.6) is 11.5 Å². The maximum atomic E-state index is 13.4. The Hall–Kier alpha value is -2.49. The summed E-state index contributed by atoms with van der Waals surface area (Å²) in [5.74, 6) is 0.936. The van der Waals surface area contributed by atoms with Crippen molar-refractivity contribution >= 4 is 5.97 Å². The Labute approximate surface area is 301 Å². The fraction of sp³-hybridized carbons (Fsp3) is 0.711. The number of esters is 1. The van der Waals surface area contributed by atoms with E-state index in [9.17, 15) is 15.0 Å². The van der Waals surface area contributed by atoms with Gasteiger partial charge in [0.1, 0.15) is 11.5 Å². The van der Waals surface area contributed by atoms with Crippen molar-refractivity contribution in [2.45, 2.75) is 195 Å². The lowest BCUT2D eigenvalue weighted by atomic mass is 9.71. The molecule has 0 bridgehead atoms. The minimum atomic E-state index is -0.488. The number of unbranched alkanes of at least 4 members (excludes halogenated alkanes) is 16. The lowest BCUT2D eigenvalue weighted by Gasteiger charge is -2.33. The van der Waals surface area contributed by atoms with Gasteiger partial charge in [-0.15, -0.1) is 0 Å². The van der Waals surface area contributed by atoms with E-state index < -0.39 is 5.41 Å². The van der Waals surface area contributed by atoms with E-state index in [1.807, 2.05) is 52.0 Å². The van der Waals surface area contributed by atoms with E-state index in [4.69, 9.17) is 4.74 Å². The standard InChI is InChI=1S/C45H74O4/c1-8-10-12-14-16-18-19-21-23-25-27-39(26-24-22-20-17-15-13-11-9-2)34-49-42(46)28-29-45(7,40-30-35(3)43(47)36(4)31-40)41-32-37(5)44(48)38(6)33-41/h30-33,39,47-48H,8-29,34H2,1-7H3. The largest absolute Gasteiger partial charge is 0.507 e. The number of carbonyl (C=O) groups excluding carboxylic acids is 1. The number of phenolic OH excluding ortho intramolecular Hbond substituents is 2. The van der Waals surface area contributed by atoms with Gasteiger partial charge in [-0.3, -0.25) is 4.79 Å². The number of hydrogen-bond donors (Lipinski definition) is 2. The molecular formula is C45H74O4. The van der Waals surface area contributed by atoms with Crippen LogP contribution in [0.25, 0.3) is 0 Å². The first-order valence-corrected chi connectivity index (χ1v) is 20.3. The summed E-state index contributed by atoms with van der Waals surface area (Å²) in [5.41, 5.74) is 4.94. The van der Waals surface area contributed by atoms with Crippen molar-refractivity contribution in [1.82, 2.24) is 0 Å². The molecule has 278 valence electrons. The van der Waals surface area contributed by atoms with E-state index in [1.165, 1.54) is 116 Å². The first kappa shape index (κ1) is 42.7. The highest BCUT2D eigenvalue weighted by atomic mass is 16.5. The average Bonchev–Trinajstić information content (AvgIpc) is 3.08. The van der Waals surface area contributed by atoms with Gasteiger partial charge in [0.25, 0.3) is 0 Å². The number of carbonyl (C=O) groups is 1. The molecule has 2 rings (SSSR count). The molecule has 0 saturated carbocycles. The SMILES string of the molecule is CCCCCCCCCCCCC(CCCCCCCCCC)COC(=O)CCC(C)(c1cc(C)c(O)c(C)c1)c1cc(C)c(O)c(C)c1. The fourth-order valence-electron chi connectivity index (χ4n) is 7.44. The van der Waals surface area contributed by atoms with Crippen molar-refractivity contribution in [2.24, 2.45) is 5.92 Å². The molecule has 0 amide bonds. The van der Waals surface area contributed by atoms with Crippen molar-refractivity contribution in [2.75, 3.05) is 6.61 Å². The number of aryl methyl sites for hydroxylation is 4. The Balaban J connectivity index is 2.00. The topological polar surface area (TPSA) is 66.8 Å². The number of aromatic hydroxyl groups is 2. The summed E-state index contributed by atoms with van der Waals surface area (Å²) in [5, 5.41) is 21.0. The zero-order chi connectivity index (χ0) is 36.1. The van der Waals surface area contributed by atoms with Crippen molar-refractivity contribution in [3.8, 4) is 11.5 Å². The Bertz CT molecular complexity index is 1110. The van der Waals surface area contributed by atoms with Gasteiger partial charge in [0.05, 0.1) is 6.61 Å². The molecule has 49 heavy (non-hydrogen) atoms. The Morgan fingerprint density at radius 2 is 0.918 bits per heavy atom. The minimum absolute atomic E-state index is 0.130. The third kappa shape index (κ3) is 15.5. The molecule has 2 aromatic rings. The second kappa shape index (κ2) is 23.8. The van der Waals surface area contributed by atoms with Crippen LogP contribution in [0.2, 0.25) is 0 Å². The van der Waals surface area contributed by atoms with Crippen LogP contribution in [0.3, 0.4) is 0 Å². The summed E-state index contributed by atoms with van der Waals surface area (Å²) in [6.45, 7) is 15.0. The lowest BCUT2D eigenvalue weighted by molar-refractivity contribution is -0.145. The maximum Gasteiger partial charge on any atom is 0.305 e. The molecule has 1 unspecified atom stereocenters. The molecular weight excluding hydrogens is 604 g/mol. The molecule has 1 atom stereocenters. The van der Waals surface area contributed by atoms with Gasteiger partial charge in [0.2, 0.25) is 0 Å². The Morgan fingerprint density at radius 1 is 0.592 bits per heavy atom. The van der Waals surface area contributed by atoms with Crippen molar-refractivity contribution in [3.05, 3.63) is 57.6 Å². The molecule has 0 aliphatic rings. The quantitative estimate of drug-likeness (QED) is 0.0729. The number of benzene rings is 2. The van der Waals surface area contributed by atoms with Crippen LogP contribution in [-0.4, -0.2) is 22.8 Å². The van der Waals surface area contributed by atoms with Crippen LogP contribution in [0.15, 0.2) is 24.3 Å². The molecule has 0 radical (unpaired) electrons. The average molecular weight is 679 g/mol. The zero-order valence-electron chi connectivity index (χ0n) is 32.9. The van der Waals surface area contributed by atoms with E-state index in [1.54, 1.807) is 0 Å². The first-order valence-electron chi connectivity index (χ1n) is 20.3. The highest BCUT2D eigenvalue weighted by Gasteiger charge is 2.32. The van der Waals surface area contributed by atoms with Crippen LogP contribution in [0.1, 0.15) is 195 Å². The van der Waals surface area contributed by atoms with Gasteiger partial charge in [-0.25, -0.2) is 0 Å². The summed E-state index contributed by atoms with van der Waals surface area (Å²) >= 11 is 0. The van der Waals surface area contributed by atoms with Gasteiger partial charge in [0, 0.05) is 11.8 Å². The van der Waals surface area contributed by atoms with Crippen molar-refractivity contribution in [3.63, 3.8) is 0 Å². The predicted octanol–water partition coefficient (Wildman–Crippen LogP) is 13.4. The molecule has 0 aliphatic heterocycles. The molecule has 0 aromatic heterocycles. The molecule has 0 spiro atoms. The summed E-state index contributed by atoms with van der Waals surface area (Å²) in [6, 6.07) is 8.16. The number of ether oxygens (including phenoxy) is 1. The second-order valence-corrected chi connectivity index (χ2v) is 15.5. The van der Waals surface area contributed by atoms with E-state index in [0.717, 1.165) is 46.2 Å². The first-order chi connectivity index (χ1) is 23.5. The van der Waals surface area contributed by atoms with Crippen molar-refractivity contribution in [1.29, 1.82) is 0 Å². The van der Waals surface area contributed by atoms with E-state index in [2.05, 4.69) is 20.8 Å². The summed E-state index contributed by atoms with van der Waals surface area (Å²) < 4.78 is 6.05. The zero-order valence-corrected chi connectivity index (χ0v) is 32.9. The predicted molar refractivity (Wildman–Crippen MR) is 209 cm³/mol. The molecule has 0 aliphatic carbocycles. The van der Waals surface area contributed by atoms with Crippen LogP contribution in [0.4, 0.5) is 0 Å². The molecule has 0 saturated heterocycles. The summed E-state index contributed by atoms with van der Waals surface area (Å²) in [6.07, 6.45) is 27.2.